The minimum Gasteiger partial charge on any atom is -0.480 e. The van der Waals surface area contributed by atoms with E-state index in [1.165, 1.54) is 11.8 Å². The number of urea groups is 1. The Balaban J connectivity index is 4.30. The lowest BCUT2D eigenvalue weighted by Gasteiger charge is -2.21. The van der Waals surface area contributed by atoms with E-state index in [-0.39, 0.29) is 19.7 Å². The third-order valence-electron chi connectivity index (χ3n) is 2.00. The van der Waals surface area contributed by atoms with Gasteiger partial charge in [0.1, 0.15) is 12.6 Å². The number of likely N-dealkylation sites (N-methyl/N-ethyl adjacent to an activating group) is 1. The van der Waals surface area contributed by atoms with Crippen LogP contribution in [0, 0.1) is 0 Å². The first kappa shape index (κ1) is 15.2. The molecule has 0 saturated carbocycles. The number of rotatable bonds is 6. The van der Waals surface area contributed by atoms with Gasteiger partial charge in [0, 0.05) is 6.54 Å². The summed E-state index contributed by atoms with van der Waals surface area (Å²) in [5.74, 6) is -1.65. The molecule has 0 rings (SSSR count). The summed E-state index contributed by atoms with van der Waals surface area (Å²) in [5.41, 5.74) is 0. The van der Waals surface area contributed by atoms with Gasteiger partial charge in [0.25, 0.3) is 0 Å². The predicted octanol–water partition coefficient (Wildman–Crippen LogP) is 0.0541. The second kappa shape index (κ2) is 7.48. The highest BCUT2D eigenvalue weighted by Crippen LogP contribution is 1.93. The first-order valence-corrected chi connectivity index (χ1v) is 5.36. The van der Waals surface area contributed by atoms with Crippen LogP contribution in [0.15, 0.2) is 0 Å². The number of esters is 1. The van der Waals surface area contributed by atoms with Crippen LogP contribution < -0.4 is 5.32 Å². The van der Waals surface area contributed by atoms with Crippen molar-refractivity contribution in [1.29, 1.82) is 0 Å². The van der Waals surface area contributed by atoms with Gasteiger partial charge in [0.15, 0.2) is 0 Å². The Morgan fingerprint density at radius 2 is 1.94 bits per heavy atom. The average Bonchev–Trinajstić information content (AvgIpc) is 2.25. The quantitative estimate of drug-likeness (QED) is 0.646. The predicted molar refractivity (Wildman–Crippen MR) is 59.5 cm³/mol. The summed E-state index contributed by atoms with van der Waals surface area (Å²) < 4.78 is 4.70. The lowest BCUT2D eigenvalue weighted by atomic mass is 10.3. The van der Waals surface area contributed by atoms with Gasteiger partial charge in [-0.2, -0.15) is 0 Å². The normalized spacial score (nSPS) is 11.5. The van der Waals surface area contributed by atoms with Gasteiger partial charge < -0.3 is 20.1 Å². The number of aliphatic carboxylic acids is 1. The van der Waals surface area contributed by atoms with Gasteiger partial charge in [-0.3, -0.25) is 9.59 Å². The van der Waals surface area contributed by atoms with Crippen LogP contribution in [0.3, 0.4) is 0 Å². The van der Waals surface area contributed by atoms with E-state index in [1.54, 1.807) is 13.8 Å². The first-order valence-electron chi connectivity index (χ1n) is 5.36. The number of nitrogens with zero attached hydrogens (tertiary/aromatic N) is 1. The minimum absolute atomic E-state index is 0.192. The molecule has 0 aromatic carbocycles. The summed E-state index contributed by atoms with van der Waals surface area (Å²) in [6.45, 7) is 5.03. The van der Waals surface area contributed by atoms with Crippen molar-refractivity contribution in [2.75, 3.05) is 19.7 Å². The van der Waals surface area contributed by atoms with Gasteiger partial charge in [-0.1, -0.05) is 0 Å². The molecule has 2 amide bonds. The summed E-state index contributed by atoms with van der Waals surface area (Å²) in [5, 5.41) is 10.9. The molecule has 17 heavy (non-hydrogen) atoms. The lowest BCUT2D eigenvalue weighted by molar-refractivity contribution is -0.143. The lowest BCUT2D eigenvalue weighted by Crippen LogP contribution is -2.48. The van der Waals surface area contributed by atoms with Crippen molar-refractivity contribution < 1.29 is 24.2 Å². The van der Waals surface area contributed by atoms with E-state index < -0.39 is 24.0 Å². The molecule has 0 aromatic heterocycles. The van der Waals surface area contributed by atoms with Crippen LogP contribution >= 0.6 is 0 Å². The maximum Gasteiger partial charge on any atom is 0.325 e. The maximum absolute atomic E-state index is 11.6. The van der Waals surface area contributed by atoms with Crippen molar-refractivity contribution >= 4 is 18.0 Å². The molecule has 0 heterocycles. The summed E-state index contributed by atoms with van der Waals surface area (Å²) in [7, 11) is 0. The van der Waals surface area contributed by atoms with Gasteiger partial charge in [-0.15, -0.1) is 0 Å². The number of hydrogen-bond acceptors (Lipinski definition) is 4. The molecule has 2 N–H and O–H groups in total. The third-order valence-corrected chi connectivity index (χ3v) is 2.00. The molecule has 0 aliphatic heterocycles. The van der Waals surface area contributed by atoms with Crippen molar-refractivity contribution in [3.63, 3.8) is 0 Å². The molecule has 0 aliphatic carbocycles. The number of carbonyl (C=O) groups is 3. The van der Waals surface area contributed by atoms with Gasteiger partial charge in [0.05, 0.1) is 6.61 Å². The van der Waals surface area contributed by atoms with Crippen molar-refractivity contribution in [2.24, 2.45) is 0 Å². The van der Waals surface area contributed by atoms with Crippen LogP contribution in [-0.2, 0) is 14.3 Å². The molecule has 1 atom stereocenters. The van der Waals surface area contributed by atoms with Crippen LogP contribution in [0.2, 0.25) is 0 Å². The van der Waals surface area contributed by atoms with Crippen LogP contribution in [0.5, 0.6) is 0 Å². The summed E-state index contributed by atoms with van der Waals surface area (Å²) >= 11 is 0. The number of amides is 2. The molecule has 0 unspecified atom stereocenters. The molecule has 7 heteroatoms. The monoisotopic (exact) mass is 246 g/mol. The molecule has 0 aromatic rings. The average molecular weight is 246 g/mol. The second-order valence-electron chi connectivity index (χ2n) is 3.33. The van der Waals surface area contributed by atoms with E-state index in [9.17, 15) is 14.4 Å². The third kappa shape index (κ3) is 5.74. The SMILES string of the molecule is CCOC(=O)CN(CC)C(=O)N[C@@H](C)C(=O)O. The Bertz CT molecular complexity index is 292. The number of hydrogen-bond donors (Lipinski definition) is 2. The highest BCUT2D eigenvalue weighted by Gasteiger charge is 2.20. The Morgan fingerprint density at radius 3 is 2.35 bits per heavy atom. The smallest absolute Gasteiger partial charge is 0.325 e. The highest BCUT2D eigenvalue weighted by atomic mass is 16.5. The Morgan fingerprint density at radius 1 is 1.35 bits per heavy atom. The van der Waals surface area contributed by atoms with Gasteiger partial charge in [-0.25, -0.2) is 4.79 Å². The van der Waals surface area contributed by atoms with Gasteiger partial charge in [0.2, 0.25) is 0 Å². The molecular formula is C10H18N2O5. The van der Waals surface area contributed by atoms with Crippen molar-refractivity contribution in [1.82, 2.24) is 10.2 Å². The van der Waals surface area contributed by atoms with E-state index >= 15 is 0 Å². The van der Waals surface area contributed by atoms with E-state index in [1.807, 2.05) is 0 Å². The van der Waals surface area contributed by atoms with Gasteiger partial charge >= 0.3 is 18.0 Å². The van der Waals surface area contributed by atoms with Crippen LogP contribution in [0.1, 0.15) is 20.8 Å². The second-order valence-corrected chi connectivity index (χ2v) is 3.33. The molecule has 98 valence electrons. The van der Waals surface area contributed by atoms with Crippen LogP contribution in [0.4, 0.5) is 4.79 Å². The minimum atomic E-state index is -1.13. The van der Waals surface area contributed by atoms with E-state index in [4.69, 9.17) is 9.84 Å². The molecule has 0 spiro atoms. The summed E-state index contributed by atoms with van der Waals surface area (Å²) in [6.07, 6.45) is 0. The Labute approximate surface area is 99.7 Å². The van der Waals surface area contributed by atoms with Crippen molar-refractivity contribution in [3.8, 4) is 0 Å². The topological polar surface area (TPSA) is 95.9 Å². The van der Waals surface area contributed by atoms with E-state index in [0.29, 0.717) is 0 Å². The van der Waals surface area contributed by atoms with Crippen LogP contribution in [0.25, 0.3) is 0 Å². The molecule has 0 aliphatic rings. The number of carboxylic acid groups (broad SMARTS) is 1. The van der Waals surface area contributed by atoms with Crippen molar-refractivity contribution in [2.45, 2.75) is 26.8 Å². The molecule has 7 nitrogen and oxygen atoms in total. The summed E-state index contributed by atoms with van der Waals surface area (Å²) in [4.78, 5) is 34.5. The zero-order valence-electron chi connectivity index (χ0n) is 10.2. The summed E-state index contributed by atoms with van der Waals surface area (Å²) in [6, 6.07) is -1.60. The number of nitrogens with one attached hydrogen (secondary N) is 1. The van der Waals surface area contributed by atoms with Gasteiger partial charge in [-0.05, 0) is 20.8 Å². The first-order chi connectivity index (χ1) is 7.92. The fraction of sp³-hybridized carbons (Fsp3) is 0.700. The Hall–Kier alpha value is -1.79. The standard InChI is InChI=1S/C10H18N2O5/c1-4-12(6-8(13)17-5-2)10(16)11-7(3)9(14)15/h7H,4-6H2,1-3H3,(H,11,16)(H,14,15)/t7-/m0/s1. The highest BCUT2D eigenvalue weighted by molar-refractivity contribution is 5.84. The molecule has 0 bridgehead atoms. The largest absolute Gasteiger partial charge is 0.480 e. The number of carboxylic acids is 1. The zero-order chi connectivity index (χ0) is 13.4. The van der Waals surface area contributed by atoms with E-state index in [2.05, 4.69) is 5.32 Å². The molecule has 0 saturated heterocycles. The number of carbonyl (C=O) groups excluding carboxylic acids is 2. The van der Waals surface area contributed by atoms with E-state index in [0.717, 1.165) is 0 Å². The fourth-order valence-corrected chi connectivity index (χ4v) is 1.03. The van der Waals surface area contributed by atoms with Crippen LogP contribution in [-0.4, -0.2) is 53.7 Å². The number of ether oxygens (including phenoxy) is 1. The zero-order valence-corrected chi connectivity index (χ0v) is 10.2. The van der Waals surface area contributed by atoms with Crippen molar-refractivity contribution in [3.05, 3.63) is 0 Å². The molecular weight excluding hydrogens is 228 g/mol. The Kier molecular flexibility index (Phi) is 6.69. The molecule has 0 radical (unpaired) electrons. The maximum atomic E-state index is 11.6. The fourth-order valence-electron chi connectivity index (χ4n) is 1.03. The molecule has 0 fully saturated rings.